The van der Waals surface area contributed by atoms with Crippen molar-refractivity contribution < 1.29 is 14.3 Å². The van der Waals surface area contributed by atoms with E-state index in [-0.39, 0.29) is 5.78 Å². The van der Waals surface area contributed by atoms with Crippen molar-refractivity contribution in [3.8, 4) is 5.75 Å². The first-order valence-electron chi connectivity index (χ1n) is 6.50. The second-order valence-corrected chi connectivity index (χ2v) is 4.19. The molecule has 0 aliphatic rings. The average Bonchev–Trinajstić information content (AvgIpc) is 2.42. The lowest BCUT2D eigenvalue weighted by molar-refractivity contribution is 0.0932. The molecule has 3 heteroatoms. The van der Waals surface area contributed by atoms with Crippen molar-refractivity contribution in [1.82, 2.24) is 0 Å². The van der Waals surface area contributed by atoms with Gasteiger partial charge in [-0.15, -0.1) is 0 Å². The van der Waals surface area contributed by atoms with Gasteiger partial charge in [0.25, 0.3) is 0 Å². The van der Waals surface area contributed by atoms with Gasteiger partial charge in [0.1, 0.15) is 5.75 Å². The Hall–Kier alpha value is -1.35. The van der Waals surface area contributed by atoms with Gasteiger partial charge < -0.3 is 9.47 Å². The Labute approximate surface area is 109 Å². The zero-order valence-electron chi connectivity index (χ0n) is 11.5. The summed E-state index contributed by atoms with van der Waals surface area (Å²) in [6.07, 6.45) is 2.27. The number of hydrogen-bond acceptors (Lipinski definition) is 3. The molecule has 100 valence electrons. The van der Waals surface area contributed by atoms with E-state index in [2.05, 4.69) is 13.8 Å². The van der Waals surface area contributed by atoms with Crippen molar-refractivity contribution in [3.63, 3.8) is 0 Å². The average molecular weight is 250 g/mol. The van der Waals surface area contributed by atoms with Crippen LogP contribution < -0.4 is 4.74 Å². The maximum atomic E-state index is 11.9. The van der Waals surface area contributed by atoms with Gasteiger partial charge in [-0.25, -0.2) is 0 Å². The molecule has 0 bridgehead atoms. The molecule has 0 radical (unpaired) electrons. The SMILES string of the molecule is CCCOc1ccc(C(=O)CCOC)cc1CC. The summed E-state index contributed by atoms with van der Waals surface area (Å²) in [5.41, 5.74) is 1.83. The molecule has 3 nitrogen and oxygen atoms in total. The highest BCUT2D eigenvalue weighted by molar-refractivity contribution is 5.96. The fourth-order valence-electron chi connectivity index (χ4n) is 1.72. The van der Waals surface area contributed by atoms with Crippen LogP contribution >= 0.6 is 0 Å². The molecule has 0 amide bonds. The summed E-state index contributed by atoms with van der Waals surface area (Å²) in [6, 6.07) is 5.67. The monoisotopic (exact) mass is 250 g/mol. The van der Waals surface area contributed by atoms with Gasteiger partial charge in [0, 0.05) is 19.1 Å². The molecule has 0 saturated carbocycles. The highest BCUT2D eigenvalue weighted by Gasteiger charge is 2.09. The number of methoxy groups -OCH3 is 1. The summed E-state index contributed by atoms with van der Waals surface area (Å²) in [7, 11) is 1.60. The molecule has 0 saturated heterocycles. The molecule has 0 fully saturated rings. The fourth-order valence-corrected chi connectivity index (χ4v) is 1.72. The summed E-state index contributed by atoms with van der Waals surface area (Å²) in [6.45, 7) is 5.32. The molecule has 0 unspecified atom stereocenters. The van der Waals surface area contributed by atoms with E-state index in [0.717, 1.165) is 29.7 Å². The van der Waals surface area contributed by atoms with Gasteiger partial charge in [0.05, 0.1) is 13.2 Å². The minimum absolute atomic E-state index is 0.119. The van der Waals surface area contributed by atoms with Crippen LogP contribution in [0.15, 0.2) is 18.2 Å². The minimum atomic E-state index is 0.119. The summed E-state index contributed by atoms with van der Waals surface area (Å²) in [4.78, 5) is 11.9. The van der Waals surface area contributed by atoms with Crippen LogP contribution in [0.1, 0.15) is 42.6 Å². The predicted molar refractivity (Wildman–Crippen MR) is 72.4 cm³/mol. The zero-order chi connectivity index (χ0) is 13.4. The van der Waals surface area contributed by atoms with Gasteiger partial charge >= 0.3 is 0 Å². The third-order valence-electron chi connectivity index (χ3n) is 2.76. The molecule has 0 aromatic heterocycles. The maximum Gasteiger partial charge on any atom is 0.165 e. The predicted octanol–water partition coefficient (Wildman–Crippen LogP) is 3.26. The summed E-state index contributed by atoms with van der Waals surface area (Å²) < 4.78 is 10.6. The Morgan fingerprint density at radius 1 is 1.22 bits per heavy atom. The molecule has 0 spiro atoms. The van der Waals surface area contributed by atoms with Gasteiger partial charge in [-0.1, -0.05) is 13.8 Å². The maximum absolute atomic E-state index is 11.9. The molecular weight excluding hydrogens is 228 g/mol. The fraction of sp³-hybridized carbons (Fsp3) is 0.533. The van der Waals surface area contributed by atoms with Crippen LogP contribution in [0.25, 0.3) is 0 Å². The van der Waals surface area contributed by atoms with E-state index in [1.165, 1.54) is 0 Å². The second kappa shape index (κ2) is 7.88. The molecule has 18 heavy (non-hydrogen) atoms. The number of rotatable bonds is 8. The molecule has 0 aliphatic carbocycles. The molecule has 1 rings (SSSR count). The first kappa shape index (κ1) is 14.7. The van der Waals surface area contributed by atoms with Crippen molar-refractivity contribution in [2.24, 2.45) is 0 Å². The summed E-state index contributed by atoms with van der Waals surface area (Å²) in [5, 5.41) is 0. The Balaban J connectivity index is 2.80. The van der Waals surface area contributed by atoms with Crippen molar-refractivity contribution in [2.45, 2.75) is 33.1 Å². The number of ketones is 1. The molecule has 1 aromatic rings. The molecule has 0 heterocycles. The Morgan fingerprint density at radius 3 is 2.61 bits per heavy atom. The first-order valence-corrected chi connectivity index (χ1v) is 6.50. The number of benzene rings is 1. The molecule has 0 atom stereocenters. The van der Waals surface area contributed by atoms with Gasteiger partial charge in [-0.3, -0.25) is 4.79 Å². The van der Waals surface area contributed by atoms with Crippen LogP contribution in [0.4, 0.5) is 0 Å². The van der Waals surface area contributed by atoms with E-state index >= 15 is 0 Å². The van der Waals surface area contributed by atoms with Gasteiger partial charge in [0.2, 0.25) is 0 Å². The molecule has 0 aliphatic heterocycles. The largest absolute Gasteiger partial charge is 0.493 e. The van der Waals surface area contributed by atoms with E-state index in [1.54, 1.807) is 7.11 Å². The zero-order valence-corrected chi connectivity index (χ0v) is 11.5. The van der Waals surface area contributed by atoms with E-state index in [4.69, 9.17) is 9.47 Å². The number of hydrogen-bond donors (Lipinski definition) is 0. The van der Waals surface area contributed by atoms with Gasteiger partial charge in [0.15, 0.2) is 5.78 Å². The van der Waals surface area contributed by atoms with Crippen LogP contribution in [-0.2, 0) is 11.2 Å². The number of Topliss-reactive ketones (excluding diaryl/α,β-unsaturated/α-hetero) is 1. The van der Waals surface area contributed by atoms with Gasteiger partial charge in [-0.2, -0.15) is 0 Å². The normalized spacial score (nSPS) is 10.4. The van der Waals surface area contributed by atoms with E-state index in [1.807, 2.05) is 18.2 Å². The second-order valence-electron chi connectivity index (χ2n) is 4.19. The van der Waals surface area contributed by atoms with E-state index < -0.39 is 0 Å². The quantitative estimate of drug-likeness (QED) is 0.664. The number of aryl methyl sites for hydroxylation is 1. The molecule has 0 N–H and O–H groups in total. The van der Waals surface area contributed by atoms with Crippen molar-refractivity contribution in [1.29, 1.82) is 0 Å². The number of carbonyl (C=O) groups is 1. The number of carbonyl (C=O) groups excluding carboxylic acids is 1. The van der Waals surface area contributed by atoms with E-state index in [0.29, 0.717) is 19.6 Å². The lowest BCUT2D eigenvalue weighted by Crippen LogP contribution is -2.05. The minimum Gasteiger partial charge on any atom is -0.493 e. The van der Waals surface area contributed by atoms with Crippen LogP contribution in [0.3, 0.4) is 0 Å². The Bertz CT molecular complexity index is 385. The third kappa shape index (κ3) is 4.15. The van der Waals surface area contributed by atoms with Crippen molar-refractivity contribution in [3.05, 3.63) is 29.3 Å². The van der Waals surface area contributed by atoms with Crippen LogP contribution in [0.5, 0.6) is 5.75 Å². The summed E-state index contributed by atoms with van der Waals surface area (Å²) >= 11 is 0. The molecular formula is C15H22O3. The lowest BCUT2D eigenvalue weighted by Gasteiger charge is -2.11. The van der Waals surface area contributed by atoms with Crippen molar-refractivity contribution in [2.75, 3.05) is 20.3 Å². The van der Waals surface area contributed by atoms with E-state index in [9.17, 15) is 4.79 Å². The van der Waals surface area contributed by atoms with Crippen molar-refractivity contribution >= 4 is 5.78 Å². The van der Waals surface area contributed by atoms with Crippen LogP contribution in [0.2, 0.25) is 0 Å². The highest BCUT2D eigenvalue weighted by atomic mass is 16.5. The highest BCUT2D eigenvalue weighted by Crippen LogP contribution is 2.21. The Morgan fingerprint density at radius 2 is 2.00 bits per heavy atom. The summed E-state index contributed by atoms with van der Waals surface area (Å²) in [5.74, 6) is 1.01. The standard InChI is InChI=1S/C15H22O3/c1-4-9-18-15-7-6-13(11-12(15)5-2)14(16)8-10-17-3/h6-7,11H,4-5,8-10H2,1-3H3. The molecule has 1 aromatic carbocycles. The third-order valence-corrected chi connectivity index (χ3v) is 2.76. The topological polar surface area (TPSA) is 35.5 Å². The van der Waals surface area contributed by atoms with Gasteiger partial charge in [-0.05, 0) is 36.6 Å². The number of ether oxygens (including phenoxy) is 2. The first-order chi connectivity index (χ1) is 8.72. The Kier molecular flexibility index (Phi) is 6.44. The van der Waals surface area contributed by atoms with Crippen LogP contribution in [-0.4, -0.2) is 26.1 Å². The smallest absolute Gasteiger partial charge is 0.165 e. The lowest BCUT2D eigenvalue weighted by atomic mass is 10.0. The van der Waals surface area contributed by atoms with Crippen LogP contribution in [0, 0.1) is 0 Å².